The van der Waals surface area contributed by atoms with Crippen molar-refractivity contribution in [3.8, 4) is 0 Å². The maximum absolute atomic E-state index is 9.16. The van der Waals surface area contributed by atoms with Crippen LogP contribution in [0.5, 0.6) is 0 Å². The highest BCUT2D eigenvalue weighted by molar-refractivity contribution is 4.81. The normalized spacial score (nSPS) is 45.0. The largest absolute Gasteiger partial charge is 0.390 e. The Morgan fingerprint density at radius 3 is 2.44 bits per heavy atom. The van der Waals surface area contributed by atoms with Crippen molar-refractivity contribution in [1.82, 2.24) is 5.32 Å². The summed E-state index contributed by atoms with van der Waals surface area (Å²) >= 11 is 0. The second kappa shape index (κ2) is 2.64. The Labute approximate surface area is 54.7 Å². The fourth-order valence-corrected chi connectivity index (χ4v) is 1.08. The molecule has 3 nitrogen and oxygen atoms in total. The average Bonchev–Trinajstić information content (AvgIpc) is 1.83. The van der Waals surface area contributed by atoms with E-state index in [1.54, 1.807) is 0 Å². The third kappa shape index (κ3) is 1.41. The second-order valence-corrected chi connectivity index (χ2v) is 2.69. The van der Waals surface area contributed by atoms with E-state index in [1.165, 1.54) is 0 Å². The quantitative estimate of drug-likeness (QED) is 0.393. The van der Waals surface area contributed by atoms with Crippen molar-refractivity contribution in [1.29, 1.82) is 0 Å². The summed E-state index contributed by atoms with van der Waals surface area (Å²) in [7, 11) is 0. The van der Waals surface area contributed by atoms with Crippen LogP contribution in [0.2, 0.25) is 0 Å². The Balaban J connectivity index is 2.41. The van der Waals surface area contributed by atoms with E-state index in [9.17, 15) is 0 Å². The molecule has 3 heteroatoms. The Hall–Kier alpha value is -0.120. The van der Waals surface area contributed by atoms with Crippen LogP contribution in [0.4, 0.5) is 0 Å². The molecule has 1 rings (SSSR count). The van der Waals surface area contributed by atoms with Gasteiger partial charge in [0.25, 0.3) is 0 Å². The summed E-state index contributed by atoms with van der Waals surface area (Å²) in [5, 5.41) is 21.2. The van der Waals surface area contributed by atoms with Crippen LogP contribution in [0.25, 0.3) is 0 Å². The molecule has 0 spiro atoms. The molecular formula is C6H13NO2. The van der Waals surface area contributed by atoms with Crippen molar-refractivity contribution in [3.05, 3.63) is 0 Å². The van der Waals surface area contributed by atoms with E-state index in [2.05, 4.69) is 5.32 Å². The van der Waals surface area contributed by atoms with Gasteiger partial charge in [0.05, 0.1) is 12.2 Å². The molecule has 3 N–H and O–H groups in total. The Morgan fingerprint density at radius 2 is 2.00 bits per heavy atom. The molecule has 0 radical (unpaired) electrons. The van der Waals surface area contributed by atoms with Crippen molar-refractivity contribution in [3.63, 3.8) is 0 Å². The van der Waals surface area contributed by atoms with Crippen LogP contribution in [0.15, 0.2) is 0 Å². The van der Waals surface area contributed by atoms with Gasteiger partial charge in [-0.05, 0) is 5.92 Å². The van der Waals surface area contributed by atoms with Gasteiger partial charge in [0.15, 0.2) is 0 Å². The fraction of sp³-hybridized carbons (Fsp3) is 1.00. The minimum atomic E-state index is -0.575. The number of aliphatic hydroxyl groups is 2. The highest BCUT2D eigenvalue weighted by atomic mass is 16.3. The third-order valence-corrected chi connectivity index (χ3v) is 1.80. The summed E-state index contributed by atoms with van der Waals surface area (Å²) in [6.07, 6.45) is -1.11. The van der Waals surface area contributed by atoms with E-state index < -0.39 is 12.2 Å². The summed E-state index contributed by atoms with van der Waals surface area (Å²) in [4.78, 5) is 0. The zero-order valence-corrected chi connectivity index (χ0v) is 5.54. The van der Waals surface area contributed by atoms with E-state index >= 15 is 0 Å². The van der Waals surface area contributed by atoms with Crippen LogP contribution in [0, 0.1) is 5.92 Å². The molecule has 0 aromatic rings. The number of rotatable bonds is 0. The number of piperidine rings is 1. The van der Waals surface area contributed by atoms with Crippen molar-refractivity contribution in [2.24, 2.45) is 5.92 Å². The number of aliphatic hydroxyl groups excluding tert-OH is 2. The van der Waals surface area contributed by atoms with E-state index in [1.807, 2.05) is 6.92 Å². The SMILES string of the molecule is CC1CNC[C@@H](O)C1O. The fourth-order valence-electron chi connectivity index (χ4n) is 1.08. The van der Waals surface area contributed by atoms with Crippen LogP contribution < -0.4 is 5.32 Å². The van der Waals surface area contributed by atoms with Gasteiger partial charge in [-0.1, -0.05) is 6.92 Å². The molecule has 9 heavy (non-hydrogen) atoms. The van der Waals surface area contributed by atoms with Gasteiger partial charge in [0, 0.05) is 13.1 Å². The maximum atomic E-state index is 9.16. The van der Waals surface area contributed by atoms with Crippen LogP contribution in [-0.2, 0) is 0 Å². The number of hydrogen-bond acceptors (Lipinski definition) is 3. The molecule has 0 aromatic heterocycles. The number of nitrogens with one attached hydrogen (secondary N) is 1. The lowest BCUT2D eigenvalue weighted by atomic mass is 9.96. The van der Waals surface area contributed by atoms with Gasteiger partial charge in [-0.3, -0.25) is 0 Å². The lowest BCUT2D eigenvalue weighted by Gasteiger charge is -2.29. The first-order valence-corrected chi connectivity index (χ1v) is 3.28. The molecule has 1 heterocycles. The summed E-state index contributed by atoms with van der Waals surface area (Å²) in [6, 6.07) is 0. The second-order valence-electron chi connectivity index (χ2n) is 2.69. The number of β-amino-alcohol motifs (C(OH)–C–C–N with tert-alkyl or cyclic N) is 1. The summed E-state index contributed by atoms with van der Waals surface area (Å²) < 4.78 is 0. The molecule has 1 aliphatic rings. The highest BCUT2D eigenvalue weighted by Crippen LogP contribution is 2.09. The standard InChI is InChI=1S/C6H13NO2/c1-4-2-7-3-5(8)6(4)9/h4-9H,2-3H2,1H3/t4?,5-,6?/m1/s1. The zero-order chi connectivity index (χ0) is 6.85. The Morgan fingerprint density at radius 1 is 1.33 bits per heavy atom. The molecule has 0 saturated carbocycles. The topological polar surface area (TPSA) is 52.5 Å². The molecule has 0 aliphatic carbocycles. The molecule has 54 valence electrons. The summed E-state index contributed by atoms with van der Waals surface area (Å²) in [5.41, 5.74) is 0. The van der Waals surface area contributed by atoms with Crippen LogP contribution in [0.3, 0.4) is 0 Å². The van der Waals surface area contributed by atoms with Crippen molar-refractivity contribution >= 4 is 0 Å². The van der Waals surface area contributed by atoms with Gasteiger partial charge in [-0.25, -0.2) is 0 Å². The summed E-state index contributed by atoms with van der Waals surface area (Å²) in [6.45, 7) is 3.24. The van der Waals surface area contributed by atoms with Gasteiger partial charge in [-0.15, -0.1) is 0 Å². The van der Waals surface area contributed by atoms with Crippen molar-refractivity contribution in [2.75, 3.05) is 13.1 Å². The van der Waals surface area contributed by atoms with Gasteiger partial charge < -0.3 is 15.5 Å². The lowest BCUT2D eigenvalue weighted by Crippen LogP contribution is -2.49. The summed E-state index contributed by atoms with van der Waals surface area (Å²) in [5.74, 6) is 0.175. The predicted octanol–water partition coefficient (Wildman–Crippen LogP) is -1.05. The number of hydrogen-bond donors (Lipinski definition) is 3. The van der Waals surface area contributed by atoms with Crippen LogP contribution in [0.1, 0.15) is 6.92 Å². The predicted molar refractivity (Wildman–Crippen MR) is 34.0 cm³/mol. The molecule has 1 aliphatic heterocycles. The highest BCUT2D eigenvalue weighted by Gasteiger charge is 2.26. The van der Waals surface area contributed by atoms with Crippen molar-refractivity contribution < 1.29 is 10.2 Å². The monoisotopic (exact) mass is 131 g/mol. The maximum Gasteiger partial charge on any atom is 0.0926 e. The van der Waals surface area contributed by atoms with E-state index in [-0.39, 0.29) is 5.92 Å². The van der Waals surface area contributed by atoms with Crippen LogP contribution in [-0.4, -0.2) is 35.5 Å². The van der Waals surface area contributed by atoms with Crippen molar-refractivity contribution in [2.45, 2.75) is 19.1 Å². The van der Waals surface area contributed by atoms with Gasteiger partial charge in [0.2, 0.25) is 0 Å². The van der Waals surface area contributed by atoms with Gasteiger partial charge in [0.1, 0.15) is 0 Å². The molecule has 0 aromatic carbocycles. The molecule has 2 unspecified atom stereocenters. The molecular weight excluding hydrogens is 118 g/mol. The first kappa shape index (κ1) is 6.99. The van der Waals surface area contributed by atoms with Crippen LogP contribution >= 0.6 is 0 Å². The molecule has 1 saturated heterocycles. The first-order valence-electron chi connectivity index (χ1n) is 3.28. The minimum Gasteiger partial charge on any atom is -0.390 e. The average molecular weight is 131 g/mol. The van der Waals surface area contributed by atoms with Gasteiger partial charge >= 0.3 is 0 Å². The van der Waals surface area contributed by atoms with E-state index in [0.29, 0.717) is 6.54 Å². The first-order chi connectivity index (χ1) is 4.22. The van der Waals surface area contributed by atoms with E-state index in [4.69, 9.17) is 10.2 Å². The lowest BCUT2D eigenvalue weighted by molar-refractivity contribution is -0.0295. The smallest absolute Gasteiger partial charge is 0.0926 e. The third-order valence-electron chi connectivity index (χ3n) is 1.80. The molecule has 1 fully saturated rings. The van der Waals surface area contributed by atoms with E-state index in [0.717, 1.165) is 6.54 Å². The molecule has 0 bridgehead atoms. The Bertz CT molecular complexity index is 87.1. The minimum absolute atomic E-state index is 0.175. The molecule has 0 amide bonds. The van der Waals surface area contributed by atoms with Gasteiger partial charge in [-0.2, -0.15) is 0 Å². The Kier molecular flexibility index (Phi) is 2.05. The molecule has 3 atom stereocenters. The zero-order valence-electron chi connectivity index (χ0n) is 5.54.